The number of para-hydroxylation sites is 1. The van der Waals surface area contributed by atoms with E-state index in [0.29, 0.717) is 47.6 Å². The molecule has 12 rings (SSSR count). The van der Waals surface area contributed by atoms with Gasteiger partial charge in [0.05, 0.1) is 12.1 Å². The van der Waals surface area contributed by atoms with Crippen molar-refractivity contribution in [2.24, 2.45) is 17.8 Å². The summed E-state index contributed by atoms with van der Waals surface area (Å²) < 4.78 is 6.35. The molecular weight excluding hydrogens is 695 g/mol. The van der Waals surface area contributed by atoms with Crippen LogP contribution in [0.15, 0.2) is 167 Å². The summed E-state index contributed by atoms with van der Waals surface area (Å²) in [5.74, 6) is 5.84. The molecule has 9 atom stereocenters. The van der Waals surface area contributed by atoms with Gasteiger partial charge in [-0.2, -0.15) is 0 Å². The Kier molecular flexibility index (Phi) is 8.22. The van der Waals surface area contributed by atoms with Crippen LogP contribution in [0.5, 0.6) is 5.75 Å². The Labute approximate surface area is 338 Å². The first-order valence-electron chi connectivity index (χ1n) is 22.2. The Hall–Kier alpha value is -5.09. The van der Waals surface area contributed by atoms with Crippen LogP contribution in [0.1, 0.15) is 105 Å². The number of benzene rings is 1. The molecule has 7 aliphatic carbocycles. The van der Waals surface area contributed by atoms with E-state index in [2.05, 4.69) is 143 Å². The van der Waals surface area contributed by atoms with Crippen molar-refractivity contribution in [1.29, 1.82) is 0 Å². The molecule has 0 radical (unpaired) electrons. The Morgan fingerprint density at radius 1 is 0.754 bits per heavy atom. The van der Waals surface area contributed by atoms with E-state index >= 15 is 0 Å². The zero-order valence-corrected chi connectivity index (χ0v) is 32.9. The van der Waals surface area contributed by atoms with Gasteiger partial charge in [-0.25, -0.2) is 4.98 Å². The molecule has 1 aromatic heterocycles. The molecule has 10 aliphatic rings. The Bertz CT molecular complexity index is 2360. The lowest BCUT2D eigenvalue weighted by Gasteiger charge is -2.41. The number of rotatable bonds is 5. The minimum absolute atomic E-state index is 0.246. The molecule has 0 bridgehead atoms. The molecule has 0 N–H and O–H groups in total. The third-order valence-corrected chi connectivity index (χ3v) is 15.0. The number of pyridine rings is 1. The standard InChI is InChI=1S/C53H53N3O/c1-3-13-34(14-4-1)38-31-46(35-15-5-2-6-16-35)54-53(32-38)56-48-21-11-8-18-41(48)44-30-37(24-27-50(44)56)36-23-26-49-43(29-36)40-17-7-10-20-47(40)55(49)39-25-28-52-45(33-39)42-19-9-12-22-51(42)57-52/h1-5,8-9,11-13,18-19,21-23,26-32,34-35,37,39,41,43,45,48-49H,6-7,10,14-17,20,24-25,33H2. The van der Waals surface area contributed by atoms with Gasteiger partial charge >= 0.3 is 0 Å². The van der Waals surface area contributed by atoms with Gasteiger partial charge in [0.15, 0.2) is 0 Å². The summed E-state index contributed by atoms with van der Waals surface area (Å²) in [5, 5.41) is 0. The number of hydrogen-bond donors (Lipinski definition) is 0. The van der Waals surface area contributed by atoms with Gasteiger partial charge in [0.2, 0.25) is 0 Å². The van der Waals surface area contributed by atoms with Gasteiger partial charge in [0.1, 0.15) is 17.3 Å². The molecule has 1 aromatic carbocycles. The predicted molar refractivity (Wildman–Crippen MR) is 231 cm³/mol. The zero-order valence-electron chi connectivity index (χ0n) is 32.9. The number of fused-ring (bicyclic) bond motifs is 8. The highest BCUT2D eigenvalue weighted by atomic mass is 16.5. The van der Waals surface area contributed by atoms with Crippen LogP contribution in [-0.2, 0) is 0 Å². The van der Waals surface area contributed by atoms with Crippen LogP contribution in [0.3, 0.4) is 0 Å². The molecule has 0 spiro atoms. The van der Waals surface area contributed by atoms with Crippen molar-refractivity contribution in [3.05, 3.63) is 184 Å². The third kappa shape index (κ3) is 5.64. The molecule has 1 fully saturated rings. The third-order valence-electron chi connectivity index (χ3n) is 15.0. The lowest BCUT2D eigenvalue weighted by molar-refractivity contribution is 0.184. The van der Waals surface area contributed by atoms with Crippen molar-refractivity contribution in [2.75, 3.05) is 4.90 Å². The quantitative estimate of drug-likeness (QED) is 0.285. The predicted octanol–water partition coefficient (Wildman–Crippen LogP) is 12.1. The minimum atomic E-state index is 0.246. The van der Waals surface area contributed by atoms with Gasteiger partial charge in [-0.05, 0) is 117 Å². The highest BCUT2D eigenvalue weighted by molar-refractivity contribution is 5.66. The van der Waals surface area contributed by atoms with Crippen molar-refractivity contribution in [2.45, 2.75) is 107 Å². The Morgan fingerprint density at radius 3 is 2.61 bits per heavy atom. The smallest absolute Gasteiger partial charge is 0.134 e. The van der Waals surface area contributed by atoms with Crippen LogP contribution < -0.4 is 9.64 Å². The van der Waals surface area contributed by atoms with Crippen LogP contribution >= 0.6 is 0 Å². The van der Waals surface area contributed by atoms with Crippen LogP contribution in [0.25, 0.3) is 0 Å². The summed E-state index contributed by atoms with van der Waals surface area (Å²) in [6, 6.07) is 14.7. The van der Waals surface area contributed by atoms with Gasteiger partial charge in [0.25, 0.3) is 0 Å². The fourth-order valence-corrected chi connectivity index (χ4v) is 12.2. The van der Waals surface area contributed by atoms with Crippen molar-refractivity contribution in [3.63, 3.8) is 0 Å². The monoisotopic (exact) mass is 747 g/mol. The second-order valence-corrected chi connectivity index (χ2v) is 18.1. The van der Waals surface area contributed by atoms with Crippen LogP contribution in [0.2, 0.25) is 0 Å². The number of hydrogen-bond acceptors (Lipinski definition) is 4. The first-order valence-corrected chi connectivity index (χ1v) is 22.2. The lowest BCUT2D eigenvalue weighted by atomic mass is 9.77. The van der Waals surface area contributed by atoms with Crippen molar-refractivity contribution < 1.29 is 4.74 Å². The summed E-state index contributed by atoms with van der Waals surface area (Å²) in [5.41, 5.74) is 11.8. The van der Waals surface area contributed by atoms with E-state index < -0.39 is 0 Å². The van der Waals surface area contributed by atoms with E-state index in [-0.39, 0.29) is 6.04 Å². The van der Waals surface area contributed by atoms with Crippen molar-refractivity contribution in [1.82, 2.24) is 9.88 Å². The number of ether oxygens (including phenoxy) is 1. The lowest BCUT2D eigenvalue weighted by Crippen LogP contribution is -2.43. The van der Waals surface area contributed by atoms with E-state index in [1.165, 1.54) is 71.5 Å². The molecule has 2 aromatic rings. The Balaban J connectivity index is 0.853. The molecule has 9 unspecified atom stereocenters. The molecule has 4 nitrogen and oxygen atoms in total. The summed E-state index contributed by atoms with van der Waals surface area (Å²) >= 11 is 0. The maximum absolute atomic E-state index is 6.35. The average Bonchev–Trinajstić information content (AvgIpc) is 3.94. The van der Waals surface area contributed by atoms with Gasteiger partial charge in [-0.15, -0.1) is 0 Å². The van der Waals surface area contributed by atoms with Crippen LogP contribution in [-0.4, -0.2) is 28.0 Å². The molecule has 1 saturated heterocycles. The summed E-state index contributed by atoms with van der Waals surface area (Å²) in [6.07, 6.45) is 51.5. The molecule has 3 aliphatic heterocycles. The summed E-state index contributed by atoms with van der Waals surface area (Å²) in [6.45, 7) is 0. The number of nitrogens with zero attached hydrogens (tertiary/aromatic N) is 3. The molecule has 0 amide bonds. The van der Waals surface area contributed by atoms with E-state index in [9.17, 15) is 0 Å². The fraction of sp³-hybridized carbons (Fsp3) is 0.377. The largest absolute Gasteiger partial charge is 0.461 e. The molecule has 4 heterocycles. The van der Waals surface area contributed by atoms with Gasteiger partial charge in [0, 0.05) is 64.2 Å². The summed E-state index contributed by atoms with van der Waals surface area (Å²) in [7, 11) is 0. The second kappa shape index (κ2) is 13.8. The zero-order chi connectivity index (χ0) is 37.5. The van der Waals surface area contributed by atoms with Crippen molar-refractivity contribution in [3.8, 4) is 5.75 Å². The molecule has 4 heteroatoms. The summed E-state index contributed by atoms with van der Waals surface area (Å²) in [4.78, 5) is 11.1. The van der Waals surface area contributed by atoms with Gasteiger partial charge in [-0.3, -0.25) is 0 Å². The number of allylic oxidation sites excluding steroid dienone is 15. The first-order chi connectivity index (χ1) is 28.2. The highest BCUT2D eigenvalue weighted by Gasteiger charge is 2.47. The first kappa shape index (κ1) is 34.0. The highest BCUT2D eigenvalue weighted by Crippen LogP contribution is 2.53. The molecule has 0 saturated carbocycles. The van der Waals surface area contributed by atoms with E-state index in [4.69, 9.17) is 9.72 Å². The molecule has 286 valence electrons. The second-order valence-electron chi connectivity index (χ2n) is 18.1. The van der Waals surface area contributed by atoms with Gasteiger partial charge < -0.3 is 14.5 Å². The normalized spacial score (nSPS) is 34.1. The number of aromatic nitrogens is 1. The number of anilines is 1. The van der Waals surface area contributed by atoms with Crippen LogP contribution in [0, 0.1) is 17.8 Å². The maximum Gasteiger partial charge on any atom is 0.134 e. The van der Waals surface area contributed by atoms with Crippen molar-refractivity contribution >= 4 is 5.82 Å². The maximum atomic E-state index is 6.35. The SMILES string of the molecule is C1=CCC(c2cc(C3CC=CCC3)nc(N3C4=CCC(C5=CC6C7=C(CCCC7)N(C7CC=C8Oc9ccccc9C8C7)C6C=C5)C=C4C4C=CC=CC43)c2)C=C1. The van der Waals surface area contributed by atoms with Crippen LogP contribution in [0.4, 0.5) is 5.82 Å². The Morgan fingerprint density at radius 2 is 1.68 bits per heavy atom. The molecular formula is C53H53N3O. The average molecular weight is 748 g/mol. The topological polar surface area (TPSA) is 28.6 Å². The van der Waals surface area contributed by atoms with E-state index in [0.717, 1.165) is 50.1 Å². The minimum Gasteiger partial charge on any atom is -0.461 e. The fourth-order valence-electron chi connectivity index (χ4n) is 12.2. The van der Waals surface area contributed by atoms with Gasteiger partial charge in [-0.1, -0.05) is 109 Å². The molecule has 57 heavy (non-hydrogen) atoms. The van der Waals surface area contributed by atoms with E-state index in [1.807, 2.05) is 0 Å². The van der Waals surface area contributed by atoms with E-state index in [1.54, 1.807) is 11.3 Å².